The zero-order chi connectivity index (χ0) is 15.5. The Bertz CT molecular complexity index is 473. The summed E-state index contributed by atoms with van der Waals surface area (Å²) < 4.78 is 23.8. The number of sulfone groups is 1. The smallest absolute Gasteiger partial charge is 0.238 e. The molecule has 0 saturated carbocycles. The average Bonchev–Trinajstić information content (AvgIpc) is 2.26. The standard InChI is InChI=1S/C13H24N2O4S/c1-9(2)7-20(18,19)8-12(16)15-6-11(13(14)17)5-4-10(15)3/h9-11H,4-8H2,1-3H3,(H2,14,17)/t10-,11+/m1/s1. The van der Waals surface area contributed by atoms with Crippen LogP contribution in [0.15, 0.2) is 0 Å². The summed E-state index contributed by atoms with van der Waals surface area (Å²) in [7, 11) is -3.40. The molecule has 0 bridgehead atoms. The van der Waals surface area contributed by atoms with Gasteiger partial charge in [-0.1, -0.05) is 13.8 Å². The molecule has 0 aromatic carbocycles. The fraction of sp³-hybridized carbons (Fsp3) is 0.846. The lowest BCUT2D eigenvalue weighted by atomic mass is 9.93. The quantitative estimate of drug-likeness (QED) is 0.783. The van der Waals surface area contributed by atoms with E-state index in [1.54, 1.807) is 13.8 Å². The lowest BCUT2D eigenvalue weighted by molar-refractivity contribution is -0.135. The van der Waals surface area contributed by atoms with Crippen LogP contribution in [-0.2, 0) is 19.4 Å². The fourth-order valence-corrected chi connectivity index (χ4v) is 4.20. The van der Waals surface area contributed by atoms with E-state index in [2.05, 4.69) is 0 Å². The van der Waals surface area contributed by atoms with Gasteiger partial charge in [0, 0.05) is 12.6 Å². The van der Waals surface area contributed by atoms with Crippen molar-refractivity contribution in [1.29, 1.82) is 0 Å². The molecule has 6 nitrogen and oxygen atoms in total. The van der Waals surface area contributed by atoms with Gasteiger partial charge in [-0.3, -0.25) is 9.59 Å². The number of hydrogen-bond acceptors (Lipinski definition) is 4. The van der Waals surface area contributed by atoms with Gasteiger partial charge in [0.2, 0.25) is 11.8 Å². The number of carbonyl (C=O) groups excluding carboxylic acids is 2. The molecule has 2 amide bonds. The lowest BCUT2D eigenvalue weighted by Gasteiger charge is -2.36. The minimum absolute atomic E-state index is 0.000207. The number of nitrogens with two attached hydrogens (primary N) is 1. The third-order valence-corrected chi connectivity index (χ3v) is 5.40. The molecule has 0 radical (unpaired) electrons. The Balaban J connectivity index is 2.72. The Morgan fingerprint density at radius 2 is 1.90 bits per heavy atom. The topological polar surface area (TPSA) is 97.5 Å². The number of piperidine rings is 1. The van der Waals surface area contributed by atoms with E-state index in [9.17, 15) is 18.0 Å². The van der Waals surface area contributed by atoms with Crippen LogP contribution in [0.4, 0.5) is 0 Å². The number of amides is 2. The van der Waals surface area contributed by atoms with Crippen LogP contribution in [0.2, 0.25) is 0 Å². The molecule has 0 spiro atoms. The van der Waals surface area contributed by atoms with Crippen LogP contribution in [0.5, 0.6) is 0 Å². The molecule has 1 aliphatic rings. The summed E-state index contributed by atoms with van der Waals surface area (Å²) in [4.78, 5) is 24.9. The maximum Gasteiger partial charge on any atom is 0.238 e. The van der Waals surface area contributed by atoms with Crippen LogP contribution in [0, 0.1) is 11.8 Å². The maximum atomic E-state index is 12.2. The Morgan fingerprint density at radius 1 is 1.30 bits per heavy atom. The summed E-state index contributed by atoms with van der Waals surface area (Å²) in [6, 6.07) is -0.0488. The van der Waals surface area contributed by atoms with Gasteiger partial charge in [-0.15, -0.1) is 0 Å². The van der Waals surface area contributed by atoms with E-state index in [4.69, 9.17) is 5.73 Å². The van der Waals surface area contributed by atoms with Crippen molar-refractivity contribution in [3.8, 4) is 0 Å². The number of hydrogen-bond donors (Lipinski definition) is 1. The molecule has 1 saturated heterocycles. The number of carbonyl (C=O) groups is 2. The summed E-state index contributed by atoms with van der Waals surface area (Å²) in [5.41, 5.74) is 5.27. The number of primary amides is 1. The molecule has 1 aliphatic heterocycles. The van der Waals surface area contributed by atoms with E-state index in [1.807, 2.05) is 6.92 Å². The molecule has 20 heavy (non-hydrogen) atoms. The van der Waals surface area contributed by atoms with Crippen LogP contribution in [-0.4, -0.2) is 49.2 Å². The van der Waals surface area contributed by atoms with Gasteiger partial charge in [0.1, 0.15) is 5.75 Å². The summed E-state index contributed by atoms with van der Waals surface area (Å²) in [5.74, 6) is -1.72. The highest BCUT2D eigenvalue weighted by molar-refractivity contribution is 7.92. The second-order valence-corrected chi connectivity index (χ2v) is 8.13. The third kappa shape index (κ3) is 4.77. The van der Waals surface area contributed by atoms with Crippen molar-refractivity contribution in [3.63, 3.8) is 0 Å². The SMILES string of the molecule is CC(C)CS(=O)(=O)CC(=O)N1C[C@@H](C(N)=O)CC[C@H]1C. The van der Waals surface area contributed by atoms with Crippen LogP contribution in [0.25, 0.3) is 0 Å². The molecule has 0 aliphatic carbocycles. The first-order valence-electron chi connectivity index (χ1n) is 6.91. The first kappa shape index (κ1) is 16.9. The normalized spacial score (nSPS) is 23.9. The van der Waals surface area contributed by atoms with Gasteiger partial charge >= 0.3 is 0 Å². The predicted molar refractivity (Wildman–Crippen MR) is 76.6 cm³/mol. The molecule has 7 heteroatoms. The first-order valence-corrected chi connectivity index (χ1v) is 8.73. The molecule has 2 atom stereocenters. The molecule has 1 fully saturated rings. The van der Waals surface area contributed by atoms with Gasteiger partial charge in [0.05, 0.1) is 11.7 Å². The van der Waals surface area contributed by atoms with Crippen LogP contribution in [0.3, 0.4) is 0 Å². The van der Waals surface area contributed by atoms with Gasteiger partial charge in [-0.2, -0.15) is 0 Å². The highest BCUT2D eigenvalue weighted by Crippen LogP contribution is 2.22. The van der Waals surface area contributed by atoms with Gasteiger partial charge in [0.15, 0.2) is 9.84 Å². The van der Waals surface area contributed by atoms with Gasteiger partial charge in [-0.05, 0) is 25.7 Å². The summed E-state index contributed by atoms with van der Waals surface area (Å²) in [5, 5.41) is 0. The Hall–Kier alpha value is -1.11. The number of nitrogens with zero attached hydrogens (tertiary/aromatic N) is 1. The van der Waals surface area contributed by atoms with Crippen LogP contribution in [0.1, 0.15) is 33.6 Å². The van der Waals surface area contributed by atoms with E-state index in [1.165, 1.54) is 4.90 Å². The Labute approximate surface area is 120 Å². The molecule has 2 N–H and O–H groups in total. The van der Waals surface area contributed by atoms with Crippen molar-refractivity contribution in [2.24, 2.45) is 17.6 Å². The summed E-state index contributed by atoms with van der Waals surface area (Å²) >= 11 is 0. The molecule has 0 unspecified atom stereocenters. The van der Waals surface area contributed by atoms with Crippen molar-refractivity contribution in [1.82, 2.24) is 4.90 Å². The molecular formula is C13H24N2O4S. The molecule has 0 aromatic rings. The van der Waals surface area contributed by atoms with E-state index in [0.29, 0.717) is 12.8 Å². The molecule has 0 aromatic heterocycles. The van der Waals surface area contributed by atoms with Gasteiger partial charge in [-0.25, -0.2) is 8.42 Å². The van der Waals surface area contributed by atoms with Gasteiger partial charge in [0.25, 0.3) is 0 Å². The van der Waals surface area contributed by atoms with Crippen LogP contribution >= 0.6 is 0 Å². The average molecular weight is 304 g/mol. The third-order valence-electron chi connectivity index (χ3n) is 3.54. The van der Waals surface area contributed by atoms with Crippen molar-refractivity contribution >= 4 is 21.7 Å². The molecule has 116 valence electrons. The fourth-order valence-electron chi connectivity index (χ4n) is 2.52. The van der Waals surface area contributed by atoms with Crippen molar-refractivity contribution in [2.75, 3.05) is 18.1 Å². The van der Waals surface area contributed by atoms with Gasteiger partial charge < -0.3 is 10.6 Å². The monoisotopic (exact) mass is 304 g/mol. The minimum Gasteiger partial charge on any atom is -0.369 e. The molecule has 1 rings (SSSR count). The van der Waals surface area contributed by atoms with E-state index < -0.39 is 27.4 Å². The second-order valence-electron chi connectivity index (χ2n) is 6.02. The van der Waals surface area contributed by atoms with E-state index >= 15 is 0 Å². The second kappa shape index (κ2) is 6.56. The van der Waals surface area contributed by atoms with Crippen molar-refractivity contribution in [3.05, 3.63) is 0 Å². The predicted octanol–water partition coefficient (Wildman–Crippen LogP) is 0.170. The maximum absolute atomic E-state index is 12.2. The zero-order valence-electron chi connectivity index (χ0n) is 12.3. The minimum atomic E-state index is -3.40. The van der Waals surface area contributed by atoms with E-state index in [-0.39, 0.29) is 30.2 Å². The summed E-state index contributed by atoms with van der Waals surface area (Å²) in [6.45, 7) is 5.69. The number of rotatable bonds is 5. The Morgan fingerprint density at radius 3 is 2.40 bits per heavy atom. The largest absolute Gasteiger partial charge is 0.369 e. The van der Waals surface area contributed by atoms with Crippen molar-refractivity contribution in [2.45, 2.75) is 39.7 Å². The van der Waals surface area contributed by atoms with Crippen molar-refractivity contribution < 1.29 is 18.0 Å². The first-order chi connectivity index (χ1) is 9.12. The molecule has 1 heterocycles. The van der Waals surface area contributed by atoms with Crippen LogP contribution < -0.4 is 5.73 Å². The number of likely N-dealkylation sites (tertiary alicyclic amines) is 1. The highest BCUT2D eigenvalue weighted by Gasteiger charge is 2.33. The molecular weight excluding hydrogens is 280 g/mol. The van der Waals surface area contributed by atoms with E-state index in [0.717, 1.165) is 0 Å². The Kier molecular flexibility index (Phi) is 5.56. The highest BCUT2D eigenvalue weighted by atomic mass is 32.2. The zero-order valence-corrected chi connectivity index (χ0v) is 13.1. The lowest BCUT2D eigenvalue weighted by Crippen LogP contribution is -2.50. The summed E-state index contributed by atoms with van der Waals surface area (Å²) in [6.07, 6.45) is 1.32.